The summed E-state index contributed by atoms with van der Waals surface area (Å²) in [7, 11) is 0. The maximum absolute atomic E-state index is 4.74. The second kappa shape index (κ2) is 6.09. The normalized spacial score (nSPS) is 20.6. The fourth-order valence-corrected chi connectivity index (χ4v) is 3.06. The van der Waals surface area contributed by atoms with Gasteiger partial charge in [0.25, 0.3) is 0 Å². The molecule has 0 bridgehead atoms. The van der Waals surface area contributed by atoms with E-state index in [1.807, 2.05) is 24.2 Å². The molecule has 1 aliphatic rings. The Balaban J connectivity index is 2.06. The highest BCUT2D eigenvalue weighted by Gasteiger charge is 2.20. The summed E-state index contributed by atoms with van der Waals surface area (Å²) >= 11 is 2.02. The van der Waals surface area contributed by atoms with Gasteiger partial charge in [-0.15, -0.1) is 0 Å². The molecule has 1 unspecified atom stereocenters. The molecule has 0 amide bonds. The first-order chi connectivity index (χ1) is 8.96. The topological polar surface area (TPSA) is 41.1 Å². The predicted octanol–water partition coefficient (Wildman–Crippen LogP) is 2.31. The van der Waals surface area contributed by atoms with Crippen LogP contribution in [0.1, 0.15) is 33.4 Å². The van der Waals surface area contributed by atoms with E-state index in [1.54, 1.807) is 0 Å². The summed E-state index contributed by atoms with van der Waals surface area (Å²) in [6.45, 7) is 10.6. The van der Waals surface area contributed by atoms with Gasteiger partial charge in [-0.1, -0.05) is 0 Å². The molecule has 1 atom stereocenters. The summed E-state index contributed by atoms with van der Waals surface area (Å²) in [5, 5.41) is 3.45. The van der Waals surface area contributed by atoms with Gasteiger partial charge in [0.15, 0.2) is 0 Å². The van der Waals surface area contributed by atoms with Crippen LogP contribution in [0.5, 0.6) is 0 Å². The fourth-order valence-electron chi connectivity index (χ4n) is 2.04. The van der Waals surface area contributed by atoms with Crippen LogP contribution in [0.2, 0.25) is 0 Å². The van der Waals surface area contributed by atoms with E-state index in [1.165, 1.54) is 11.5 Å². The Labute approximate surface area is 120 Å². The maximum atomic E-state index is 4.74. The summed E-state index contributed by atoms with van der Waals surface area (Å²) in [4.78, 5) is 11.5. The van der Waals surface area contributed by atoms with Crippen molar-refractivity contribution in [2.24, 2.45) is 0 Å². The number of hydrogen-bond acceptors (Lipinski definition) is 5. The lowest BCUT2D eigenvalue weighted by atomic mass is 10.1. The Morgan fingerprint density at radius 3 is 2.89 bits per heavy atom. The molecule has 5 heteroatoms. The average molecular weight is 280 g/mol. The van der Waals surface area contributed by atoms with E-state index in [-0.39, 0.29) is 5.54 Å². The Morgan fingerprint density at radius 1 is 1.42 bits per heavy atom. The van der Waals surface area contributed by atoms with E-state index in [0.29, 0.717) is 6.04 Å². The lowest BCUT2D eigenvalue weighted by molar-refractivity contribution is 0.421. The summed E-state index contributed by atoms with van der Waals surface area (Å²) in [6.07, 6.45) is 3.73. The minimum Gasteiger partial charge on any atom is -0.351 e. The zero-order valence-electron chi connectivity index (χ0n) is 12.3. The smallest absolute Gasteiger partial charge is 0.147 e. The van der Waals surface area contributed by atoms with Crippen LogP contribution in [0.3, 0.4) is 0 Å². The molecule has 2 rings (SSSR count). The highest BCUT2D eigenvalue weighted by atomic mass is 32.2. The van der Waals surface area contributed by atoms with E-state index in [9.17, 15) is 0 Å². The van der Waals surface area contributed by atoms with Crippen molar-refractivity contribution in [2.45, 2.75) is 45.8 Å². The summed E-state index contributed by atoms with van der Waals surface area (Å²) < 4.78 is 0. The van der Waals surface area contributed by atoms with E-state index in [2.05, 4.69) is 42.9 Å². The Bertz CT molecular complexity index is 416. The third-order valence-corrected chi connectivity index (χ3v) is 4.32. The van der Waals surface area contributed by atoms with E-state index in [0.717, 1.165) is 24.6 Å². The second-order valence-electron chi connectivity index (χ2n) is 6.09. The molecule has 1 fully saturated rings. The first-order valence-electron chi connectivity index (χ1n) is 6.86. The molecule has 0 radical (unpaired) electrons. The first kappa shape index (κ1) is 14.6. The molecule has 0 aliphatic carbocycles. The van der Waals surface area contributed by atoms with Crippen LogP contribution in [0.25, 0.3) is 0 Å². The largest absolute Gasteiger partial charge is 0.351 e. The molecule has 1 saturated heterocycles. The van der Waals surface area contributed by atoms with Crippen LogP contribution in [-0.2, 0) is 6.54 Å². The number of hydrogen-bond donors (Lipinski definition) is 1. The fraction of sp³-hybridized carbons (Fsp3) is 0.714. The molecule has 4 nitrogen and oxygen atoms in total. The van der Waals surface area contributed by atoms with Gasteiger partial charge in [0.1, 0.15) is 5.82 Å². The van der Waals surface area contributed by atoms with Crippen LogP contribution in [0.15, 0.2) is 12.4 Å². The van der Waals surface area contributed by atoms with Gasteiger partial charge < -0.3 is 10.2 Å². The molecule has 19 heavy (non-hydrogen) atoms. The maximum Gasteiger partial charge on any atom is 0.147 e. The van der Waals surface area contributed by atoms with Crippen molar-refractivity contribution in [3.05, 3.63) is 18.1 Å². The molecule has 0 spiro atoms. The van der Waals surface area contributed by atoms with Gasteiger partial charge in [-0.05, 0) is 27.7 Å². The van der Waals surface area contributed by atoms with Gasteiger partial charge in [-0.25, -0.2) is 4.98 Å². The molecule has 0 saturated carbocycles. The van der Waals surface area contributed by atoms with Gasteiger partial charge >= 0.3 is 0 Å². The standard InChI is InChI=1S/C14H24N4S/c1-11-10-19-6-5-18(11)13-9-15-7-12(17-13)8-16-14(2,3)4/h7,9,11,16H,5-6,8,10H2,1-4H3. The third-order valence-electron chi connectivity index (χ3n) is 3.13. The van der Waals surface area contributed by atoms with Crippen LogP contribution >= 0.6 is 11.8 Å². The molecule has 0 aromatic carbocycles. The predicted molar refractivity (Wildman–Crippen MR) is 82.8 cm³/mol. The van der Waals surface area contributed by atoms with Crippen molar-refractivity contribution < 1.29 is 0 Å². The summed E-state index contributed by atoms with van der Waals surface area (Å²) in [5.41, 5.74) is 1.12. The van der Waals surface area contributed by atoms with Gasteiger partial charge in [-0.2, -0.15) is 11.8 Å². The minimum absolute atomic E-state index is 0.104. The Morgan fingerprint density at radius 2 is 2.21 bits per heavy atom. The molecule has 1 aromatic rings. The molecular formula is C14H24N4S. The van der Waals surface area contributed by atoms with Crippen molar-refractivity contribution in [3.63, 3.8) is 0 Å². The van der Waals surface area contributed by atoms with Crippen LogP contribution in [-0.4, -0.2) is 39.6 Å². The number of thioether (sulfide) groups is 1. The lowest BCUT2D eigenvalue weighted by Crippen LogP contribution is -2.41. The lowest BCUT2D eigenvalue weighted by Gasteiger charge is -2.34. The first-order valence-corrected chi connectivity index (χ1v) is 8.01. The Hall–Kier alpha value is -0.810. The molecule has 1 aliphatic heterocycles. The molecular weight excluding hydrogens is 256 g/mol. The monoisotopic (exact) mass is 280 g/mol. The van der Waals surface area contributed by atoms with Crippen LogP contribution in [0.4, 0.5) is 5.82 Å². The number of aromatic nitrogens is 2. The molecule has 2 heterocycles. The Kier molecular flexibility index (Phi) is 4.68. The number of anilines is 1. The van der Waals surface area contributed by atoms with Crippen molar-refractivity contribution in [2.75, 3.05) is 23.0 Å². The summed E-state index contributed by atoms with van der Waals surface area (Å²) in [6, 6.07) is 0.541. The van der Waals surface area contributed by atoms with Gasteiger partial charge in [0.05, 0.1) is 11.9 Å². The number of nitrogens with zero attached hydrogens (tertiary/aromatic N) is 3. The average Bonchev–Trinajstić information content (AvgIpc) is 2.36. The zero-order valence-corrected chi connectivity index (χ0v) is 13.1. The third kappa shape index (κ3) is 4.35. The number of rotatable bonds is 3. The summed E-state index contributed by atoms with van der Waals surface area (Å²) in [5.74, 6) is 3.36. The van der Waals surface area contributed by atoms with Crippen molar-refractivity contribution in [1.29, 1.82) is 0 Å². The molecule has 1 aromatic heterocycles. The van der Waals surface area contributed by atoms with Gasteiger partial charge in [-0.3, -0.25) is 4.98 Å². The minimum atomic E-state index is 0.104. The van der Waals surface area contributed by atoms with E-state index in [4.69, 9.17) is 4.98 Å². The highest BCUT2D eigenvalue weighted by Crippen LogP contribution is 2.21. The van der Waals surface area contributed by atoms with Crippen molar-refractivity contribution in [3.8, 4) is 0 Å². The SMILES string of the molecule is CC1CSCCN1c1cncc(CNC(C)(C)C)n1. The van der Waals surface area contributed by atoms with Crippen LogP contribution in [0, 0.1) is 0 Å². The van der Waals surface area contributed by atoms with Gasteiger partial charge in [0, 0.05) is 42.4 Å². The van der Waals surface area contributed by atoms with E-state index >= 15 is 0 Å². The molecule has 106 valence electrons. The second-order valence-corrected chi connectivity index (χ2v) is 7.24. The van der Waals surface area contributed by atoms with Crippen molar-refractivity contribution >= 4 is 17.6 Å². The van der Waals surface area contributed by atoms with Crippen molar-refractivity contribution in [1.82, 2.24) is 15.3 Å². The quantitative estimate of drug-likeness (QED) is 0.920. The van der Waals surface area contributed by atoms with Gasteiger partial charge in [0.2, 0.25) is 0 Å². The van der Waals surface area contributed by atoms with Crippen LogP contribution < -0.4 is 10.2 Å². The zero-order chi connectivity index (χ0) is 13.9. The molecule has 1 N–H and O–H groups in total. The van der Waals surface area contributed by atoms with E-state index < -0.39 is 0 Å². The number of nitrogens with one attached hydrogen (secondary N) is 1. The highest BCUT2D eigenvalue weighted by molar-refractivity contribution is 7.99.